The molecule has 0 bridgehead atoms. The second-order valence-corrected chi connectivity index (χ2v) is 10.6. The number of hydrogen-bond donors (Lipinski definition) is 2. The van der Waals surface area contributed by atoms with E-state index >= 15 is 0 Å². The number of nitrogens with zero attached hydrogens (tertiary/aromatic N) is 2. The van der Waals surface area contributed by atoms with Gasteiger partial charge in [0.25, 0.3) is 5.91 Å². The summed E-state index contributed by atoms with van der Waals surface area (Å²) in [5.41, 5.74) is -0.530. The summed E-state index contributed by atoms with van der Waals surface area (Å²) in [5, 5.41) is 5.34. The number of imide groups is 1. The molecule has 2 N–H and O–H groups in total. The van der Waals surface area contributed by atoms with Crippen molar-refractivity contribution in [1.29, 1.82) is 0 Å². The molecule has 4 rings (SSSR count). The average molecular weight is 449 g/mol. The first-order valence-corrected chi connectivity index (χ1v) is 12.2. The smallest absolute Gasteiger partial charge is 0.325 e. The Morgan fingerprint density at radius 3 is 2.29 bits per heavy atom. The monoisotopic (exact) mass is 448 g/mol. The van der Waals surface area contributed by atoms with Crippen LogP contribution < -0.4 is 10.6 Å². The van der Waals surface area contributed by atoms with E-state index in [0.29, 0.717) is 18.8 Å². The van der Waals surface area contributed by atoms with E-state index in [1.807, 2.05) is 0 Å². The zero-order valence-corrected chi connectivity index (χ0v) is 18.4. The quantitative estimate of drug-likeness (QED) is 0.645. The number of rotatable bonds is 6. The molecule has 0 aromatic heterocycles. The normalized spacial score (nSPS) is 25.3. The average Bonchev–Trinajstić information content (AvgIpc) is 3.57. The molecule has 2 aliphatic heterocycles. The van der Waals surface area contributed by atoms with E-state index in [0.717, 1.165) is 43.4 Å². The molecular weight excluding hydrogens is 420 g/mol. The fourth-order valence-corrected chi connectivity index (χ4v) is 5.80. The molecule has 1 aliphatic carbocycles. The predicted octanol–water partition coefficient (Wildman–Crippen LogP) is 1.91. The Morgan fingerprint density at radius 2 is 1.71 bits per heavy atom. The minimum absolute atomic E-state index is 0.121. The minimum Gasteiger partial charge on any atom is -0.325 e. The third-order valence-electron chi connectivity index (χ3n) is 6.34. The van der Waals surface area contributed by atoms with Crippen molar-refractivity contribution in [2.24, 2.45) is 5.92 Å². The van der Waals surface area contributed by atoms with Crippen LogP contribution in [0.3, 0.4) is 0 Å². The van der Waals surface area contributed by atoms with Gasteiger partial charge in [0.2, 0.25) is 15.9 Å². The fraction of sp³-hybridized carbons (Fsp3) is 0.571. The van der Waals surface area contributed by atoms with Gasteiger partial charge >= 0.3 is 6.03 Å². The van der Waals surface area contributed by atoms with Gasteiger partial charge in [0.15, 0.2) is 0 Å². The third-order valence-corrected chi connectivity index (χ3v) is 8.25. The molecule has 1 aromatic rings. The van der Waals surface area contributed by atoms with E-state index in [1.165, 1.54) is 28.6 Å². The maximum Gasteiger partial charge on any atom is 0.325 e. The highest BCUT2D eigenvalue weighted by molar-refractivity contribution is 7.89. The Hall–Kier alpha value is -2.46. The van der Waals surface area contributed by atoms with E-state index < -0.39 is 27.5 Å². The van der Waals surface area contributed by atoms with Gasteiger partial charge in [-0.2, -0.15) is 4.31 Å². The van der Waals surface area contributed by atoms with Crippen molar-refractivity contribution in [3.63, 3.8) is 0 Å². The number of nitrogens with one attached hydrogen (secondary N) is 2. The van der Waals surface area contributed by atoms with Crippen LogP contribution in [0.4, 0.5) is 10.5 Å². The first kappa shape index (κ1) is 21.8. The topological polar surface area (TPSA) is 116 Å². The maximum atomic E-state index is 12.8. The van der Waals surface area contributed by atoms with Crippen LogP contribution in [-0.4, -0.2) is 60.6 Å². The van der Waals surface area contributed by atoms with Gasteiger partial charge in [0.1, 0.15) is 12.1 Å². The molecule has 1 saturated carbocycles. The lowest BCUT2D eigenvalue weighted by Crippen LogP contribution is -2.46. The summed E-state index contributed by atoms with van der Waals surface area (Å²) >= 11 is 0. The van der Waals surface area contributed by atoms with Gasteiger partial charge in [0.05, 0.1) is 4.90 Å². The number of urea groups is 1. The molecule has 0 spiro atoms. The van der Waals surface area contributed by atoms with Crippen LogP contribution in [-0.2, 0) is 19.6 Å². The Kier molecular flexibility index (Phi) is 5.78. The first-order valence-electron chi connectivity index (χ1n) is 10.8. The zero-order valence-electron chi connectivity index (χ0n) is 17.6. The molecule has 168 valence electrons. The molecule has 3 aliphatic rings. The molecule has 1 atom stereocenters. The summed E-state index contributed by atoms with van der Waals surface area (Å²) in [7, 11) is -3.56. The Morgan fingerprint density at radius 1 is 1.10 bits per heavy atom. The van der Waals surface area contributed by atoms with E-state index in [4.69, 9.17) is 0 Å². The summed E-state index contributed by atoms with van der Waals surface area (Å²) in [6.07, 6.45) is 5.55. The highest BCUT2D eigenvalue weighted by Gasteiger charge is 2.56. The lowest BCUT2D eigenvalue weighted by Gasteiger charge is -2.21. The van der Waals surface area contributed by atoms with Crippen LogP contribution in [0.1, 0.15) is 45.4 Å². The van der Waals surface area contributed by atoms with Crippen molar-refractivity contribution in [1.82, 2.24) is 14.5 Å². The number of carbonyl (C=O) groups is 3. The molecule has 2 saturated heterocycles. The van der Waals surface area contributed by atoms with Gasteiger partial charge in [0, 0.05) is 18.8 Å². The SMILES string of the molecule is C[C@@]1(C2CC2)NC(=O)N(CC(=O)Nc2ccc(S(=O)(=O)N3CCCCCC3)cc2)C1=O. The lowest BCUT2D eigenvalue weighted by molar-refractivity contribution is -0.134. The summed E-state index contributed by atoms with van der Waals surface area (Å²) in [5.74, 6) is -0.781. The number of amides is 4. The highest BCUT2D eigenvalue weighted by Crippen LogP contribution is 2.42. The molecule has 3 fully saturated rings. The number of anilines is 1. The van der Waals surface area contributed by atoms with Crippen LogP contribution >= 0.6 is 0 Å². The fourth-order valence-electron chi connectivity index (χ4n) is 4.28. The van der Waals surface area contributed by atoms with Gasteiger partial charge in [-0.25, -0.2) is 13.2 Å². The molecule has 0 radical (unpaired) electrons. The number of carbonyl (C=O) groups excluding carboxylic acids is 3. The molecule has 1 aromatic carbocycles. The summed E-state index contributed by atoms with van der Waals surface area (Å²) in [6, 6.07) is 5.40. The van der Waals surface area contributed by atoms with Gasteiger partial charge in [-0.1, -0.05) is 12.8 Å². The Bertz CT molecular complexity index is 982. The van der Waals surface area contributed by atoms with Crippen molar-refractivity contribution >= 4 is 33.6 Å². The minimum atomic E-state index is -3.56. The molecular formula is C21H28N4O5S. The van der Waals surface area contributed by atoms with Gasteiger partial charge in [-0.15, -0.1) is 0 Å². The van der Waals surface area contributed by atoms with Crippen molar-refractivity contribution in [2.75, 3.05) is 25.0 Å². The number of sulfonamides is 1. The van der Waals surface area contributed by atoms with Crippen LogP contribution in [0.2, 0.25) is 0 Å². The third kappa shape index (κ3) is 4.31. The number of benzene rings is 1. The van der Waals surface area contributed by atoms with Crippen LogP contribution in [0.5, 0.6) is 0 Å². The molecule has 9 nitrogen and oxygen atoms in total. The van der Waals surface area contributed by atoms with Crippen molar-refractivity contribution in [3.8, 4) is 0 Å². The van der Waals surface area contributed by atoms with Crippen molar-refractivity contribution in [2.45, 2.75) is 55.9 Å². The summed E-state index contributed by atoms with van der Waals surface area (Å²) in [4.78, 5) is 38.4. The molecule has 2 heterocycles. The Balaban J connectivity index is 1.38. The van der Waals surface area contributed by atoms with Crippen LogP contribution in [0.25, 0.3) is 0 Å². The second-order valence-electron chi connectivity index (χ2n) is 8.69. The standard InChI is InChI=1S/C21H28N4O5S/c1-21(15-6-7-15)19(27)25(20(28)23-21)14-18(26)22-16-8-10-17(11-9-16)31(29,30)24-12-4-2-3-5-13-24/h8-11,15H,2-7,12-14H2,1H3,(H,22,26)(H,23,28)/t21-/m0/s1. The predicted molar refractivity (Wildman–Crippen MR) is 114 cm³/mol. The van der Waals surface area contributed by atoms with Crippen LogP contribution in [0.15, 0.2) is 29.2 Å². The zero-order chi connectivity index (χ0) is 22.2. The van der Waals surface area contributed by atoms with Crippen LogP contribution in [0, 0.1) is 5.92 Å². The van der Waals surface area contributed by atoms with E-state index in [-0.39, 0.29) is 23.3 Å². The summed E-state index contributed by atoms with van der Waals surface area (Å²) < 4.78 is 27.2. The molecule has 0 unspecified atom stereocenters. The summed E-state index contributed by atoms with van der Waals surface area (Å²) in [6.45, 7) is 2.35. The molecule has 4 amide bonds. The second kappa shape index (κ2) is 8.23. The largest absolute Gasteiger partial charge is 0.325 e. The van der Waals surface area contributed by atoms with Crippen molar-refractivity contribution < 1.29 is 22.8 Å². The Labute approximate surface area is 182 Å². The highest BCUT2D eigenvalue weighted by atomic mass is 32.2. The maximum absolute atomic E-state index is 12.8. The lowest BCUT2D eigenvalue weighted by atomic mass is 9.96. The van der Waals surface area contributed by atoms with Gasteiger partial charge < -0.3 is 10.6 Å². The molecule has 10 heteroatoms. The van der Waals surface area contributed by atoms with Crippen molar-refractivity contribution in [3.05, 3.63) is 24.3 Å². The van der Waals surface area contributed by atoms with E-state index in [1.54, 1.807) is 6.92 Å². The molecule has 31 heavy (non-hydrogen) atoms. The first-order chi connectivity index (χ1) is 14.7. The van der Waals surface area contributed by atoms with Gasteiger partial charge in [-0.3, -0.25) is 14.5 Å². The van der Waals surface area contributed by atoms with E-state index in [9.17, 15) is 22.8 Å². The van der Waals surface area contributed by atoms with Gasteiger partial charge in [-0.05, 0) is 62.8 Å². The van der Waals surface area contributed by atoms with E-state index in [2.05, 4.69) is 10.6 Å². The number of hydrogen-bond acceptors (Lipinski definition) is 5.